The van der Waals surface area contributed by atoms with Gasteiger partial charge < -0.3 is 10.1 Å². The molecule has 0 unspecified atom stereocenters. The lowest BCUT2D eigenvalue weighted by Gasteiger charge is -2.07. The summed E-state index contributed by atoms with van der Waals surface area (Å²) in [4.78, 5) is 36.2. The van der Waals surface area contributed by atoms with E-state index in [0.29, 0.717) is 17.4 Å². The van der Waals surface area contributed by atoms with Gasteiger partial charge in [0, 0.05) is 18.0 Å². The van der Waals surface area contributed by atoms with Crippen molar-refractivity contribution in [1.29, 1.82) is 0 Å². The van der Waals surface area contributed by atoms with Crippen LogP contribution in [0.3, 0.4) is 0 Å². The van der Waals surface area contributed by atoms with Crippen LogP contribution in [-0.4, -0.2) is 33.8 Å². The zero-order chi connectivity index (χ0) is 22.1. The summed E-state index contributed by atoms with van der Waals surface area (Å²) >= 11 is 5.87. The van der Waals surface area contributed by atoms with E-state index >= 15 is 0 Å². The monoisotopic (exact) mass is 442 g/mol. The molecule has 31 heavy (non-hydrogen) atoms. The first-order chi connectivity index (χ1) is 15.0. The number of halogens is 1. The van der Waals surface area contributed by atoms with Crippen LogP contribution in [0.25, 0.3) is 0 Å². The molecule has 1 amide bonds. The third kappa shape index (κ3) is 7.12. The van der Waals surface area contributed by atoms with E-state index in [4.69, 9.17) is 16.3 Å². The van der Waals surface area contributed by atoms with Crippen LogP contribution in [0, 0.1) is 0 Å². The third-order valence-corrected chi connectivity index (χ3v) is 4.19. The molecule has 160 valence electrons. The maximum absolute atomic E-state index is 11.8. The van der Waals surface area contributed by atoms with Crippen LogP contribution in [0.15, 0.2) is 63.2 Å². The van der Waals surface area contributed by atoms with Gasteiger partial charge in [-0.1, -0.05) is 35.9 Å². The number of hydrogen-bond acceptors (Lipinski definition) is 7. The number of hydrazone groups is 1. The van der Waals surface area contributed by atoms with E-state index in [1.54, 1.807) is 18.2 Å². The van der Waals surface area contributed by atoms with Crippen molar-refractivity contribution in [1.82, 2.24) is 20.6 Å². The number of nitrogens with one attached hydrogen (secondary N) is 4. The number of aromatic amines is 2. The first-order valence-electron chi connectivity index (χ1n) is 9.22. The summed E-state index contributed by atoms with van der Waals surface area (Å²) in [6.45, 7) is 0.534. The molecule has 0 saturated carbocycles. The Morgan fingerprint density at radius 2 is 2.00 bits per heavy atom. The van der Waals surface area contributed by atoms with E-state index in [2.05, 4.69) is 26.0 Å². The van der Waals surface area contributed by atoms with Crippen molar-refractivity contribution in [2.75, 3.05) is 11.9 Å². The van der Waals surface area contributed by atoms with Gasteiger partial charge in [0.25, 0.3) is 5.56 Å². The molecule has 0 aliphatic heterocycles. The summed E-state index contributed by atoms with van der Waals surface area (Å²) in [5.74, 6) is 0.221. The second-order valence-corrected chi connectivity index (χ2v) is 6.75. The second-order valence-electron chi connectivity index (χ2n) is 6.31. The number of anilines is 1. The Hall–Kier alpha value is -3.92. The number of H-pyrrole nitrogens is 2. The molecule has 0 radical (unpaired) electrons. The predicted molar refractivity (Wildman–Crippen MR) is 117 cm³/mol. The number of benzene rings is 2. The van der Waals surface area contributed by atoms with Gasteiger partial charge in [-0.05, 0) is 35.4 Å². The first-order valence-corrected chi connectivity index (χ1v) is 9.59. The largest absolute Gasteiger partial charge is 0.489 e. The van der Waals surface area contributed by atoms with E-state index in [9.17, 15) is 14.4 Å². The highest BCUT2D eigenvalue weighted by atomic mass is 35.5. The van der Waals surface area contributed by atoms with Crippen molar-refractivity contribution in [3.63, 3.8) is 0 Å². The lowest BCUT2D eigenvalue weighted by atomic mass is 10.2. The standard InChI is InChI=1S/C20H19ClN6O4/c21-15-6-4-13(5-7-15)12-31-16-3-1-2-14(10-16)11-23-25-17(28)8-9-22-18-19(29)24-20(30)27-26-18/h1-7,10-11H,8-9,12H2,(H,22,26)(H,25,28)(H2,24,27,29,30)/b23-11+. The highest BCUT2D eigenvalue weighted by molar-refractivity contribution is 6.30. The number of aromatic nitrogens is 3. The van der Waals surface area contributed by atoms with Gasteiger partial charge in [-0.3, -0.25) is 14.6 Å². The molecule has 0 aliphatic carbocycles. The Labute approximate surface area is 181 Å². The predicted octanol–water partition coefficient (Wildman–Crippen LogP) is 1.64. The number of carbonyl (C=O) groups is 1. The fourth-order valence-electron chi connectivity index (χ4n) is 2.43. The highest BCUT2D eigenvalue weighted by Crippen LogP contribution is 2.15. The van der Waals surface area contributed by atoms with E-state index in [1.165, 1.54) is 6.21 Å². The van der Waals surface area contributed by atoms with Crippen LogP contribution in [0.4, 0.5) is 5.82 Å². The molecule has 2 aromatic carbocycles. The Bertz CT molecular complexity index is 1170. The van der Waals surface area contributed by atoms with E-state index in [-0.39, 0.29) is 24.7 Å². The molecule has 0 spiro atoms. The van der Waals surface area contributed by atoms with Crippen LogP contribution in [0.1, 0.15) is 17.5 Å². The lowest BCUT2D eigenvalue weighted by Crippen LogP contribution is -2.28. The third-order valence-electron chi connectivity index (χ3n) is 3.94. The maximum Gasteiger partial charge on any atom is 0.342 e. The zero-order valence-corrected chi connectivity index (χ0v) is 17.0. The molecule has 10 nitrogen and oxygen atoms in total. The molecule has 1 aromatic heterocycles. The SMILES string of the molecule is O=C(CCNc1n[nH]c(=O)[nH]c1=O)N/N=C/c1cccc(OCc2ccc(Cl)cc2)c1. The second kappa shape index (κ2) is 10.7. The van der Waals surface area contributed by atoms with E-state index in [0.717, 1.165) is 11.1 Å². The molecule has 0 fully saturated rings. The first kappa shape index (κ1) is 21.8. The Morgan fingerprint density at radius 1 is 1.19 bits per heavy atom. The van der Waals surface area contributed by atoms with Gasteiger partial charge in [0.15, 0.2) is 0 Å². The number of nitrogens with zero attached hydrogens (tertiary/aromatic N) is 2. The summed E-state index contributed by atoms with van der Waals surface area (Å²) in [5.41, 5.74) is 2.76. The smallest absolute Gasteiger partial charge is 0.342 e. The van der Waals surface area contributed by atoms with Crippen molar-refractivity contribution in [3.8, 4) is 5.75 Å². The number of carbonyl (C=O) groups excluding carboxylic acids is 1. The summed E-state index contributed by atoms with van der Waals surface area (Å²) < 4.78 is 5.76. The van der Waals surface area contributed by atoms with Crippen molar-refractivity contribution in [2.45, 2.75) is 13.0 Å². The van der Waals surface area contributed by atoms with Crippen molar-refractivity contribution in [2.24, 2.45) is 5.10 Å². The minimum atomic E-state index is -0.706. The molecule has 1 heterocycles. The number of ether oxygens (including phenoxy) is 1. The minimum absolute atomic E-state index is 0.0435. The lowest BCUT2D eigenvalue weighted by molar-refractivity contribution is -0.120. The van der Waals surface area contributed by atoms with Crippen molar-refractivity contribution in [3.05, 3.63) is 85.5 Å². The summed E-state index contributed by atoms with van der Waals surface area (Å²) in [6, 6.07) is 14.6. The summed E-state index contributed by atoms with van der Waals surface area (Å²) in [7, 11) is 0. The van der Waals surface area contributed by atoms with Gasteiger partial charge >= 0.3 is 5.69 Å². The molecule has 11 heteroatoms. The van der Waals surface area contributed by atoms with Crippen LogP contribution in [0.2, 0.25) is 5.02 Å². The molecule has 0 atom stereocenters. The molecule has 3 aromatic rings. The van der Waals surface area contributed by atoms with Gasteiger partial charge in [-0.15, -0.1) is 5.10 Å². The van der Waals surface area contributed by atoms with Gasteiger partial charge in [-0.2, -0.15) is 5.10 Å². The van der Waals surface area contributed by atoms with Crippen LogP contribution in [-0.2, 0) is 11.4 Å². The van der Waals surface area contributed by atoms with E-state index < -0.39 is 11.2 Å². The Morgan fingerprint density at radius 3 is 2.77 bits per heavy atom. The van der Waals surface area contributed by atoms with Gasteiger partial charge in [0.2, 0.25) is 11.7 Å². The Balaban J connectivity index is 1.44. The van der Waals surface area contributed by atoms with Crippen molar-refractivity contribution < 1.29 is 9.53 Å². The van der Waals surface area contributed by atoms with Crippen LogP contribution in [0.5, 0.6) is 5.75 Å². The minimum Gasteiger partial charge on any atom is -0.489 e. The molecular weight excluding hydrogens is 424 g/mol. The average Bonchev–Trinajstić information content (AvgIpc) is 2.75. The fourth-order valence-corrected chi connectivity index (χ4v) is 2.55. The summed E-state index contributed by atoms with van der Waals surface area (Å²) in [5, 5.41) is 12.9. The fraction of sp³-hybridized carbons (Fsp3) is 0.150. The highest BCUT2D eigenvalue weighted by Gasteiger charge is 2.04. The number of hydrogen-bond donors (Lipinski definition) is 4. The van der Waals surface area contributed by atoms with Crippen LogP contribution >= 0.6 is 11.6 Å². The molecule has 4 N–H and O–H groups in total. The van der Waals surface area contributed by atoms with Gasteiger partial charge in [0.05, 0.1) is 6.21 Å². The van der Waals surface area contributed by atoms with Gasteiger partial charge in [0.1, 0.15) is 12.4 Å². The molecule has 0 saturated heterocycles. The van der Waals surface area contributed by atoms with Crippen molar-refractivity contribution >= 4 is 29.5 Å². The molecule has 0 bridgehead atoms. The quantitative estimate of drug-likeness (QED) is 0.293. The Kier molecular flexibility index (Phi) is 7.55. The van der Waals surface area contributed by atoms with Gasteiger partial charge in [-0.25, -0.2) is 15.3 Å². The maximum atomic E-state index is 11.8. The molecule has 0 aliphatic rings. The van der Waals surface area contributed by atoms with Crippen LogP contribution < -0.4 is 26.7 Å². The molecular formula is C20H19ClN6O4. The average molecular weight is 443 g/mol. The zero-order valence-electron chi connectivity index (χ0n) is 16.2. The van der Waals surface area contributed by atoms with E-state index in [1.807, 2.05) is 35.3 Å². The summed E-state index contributed by atoms with van der Waals surface area (Å²) in [6.07, 6.45) is 1.54. The topological polar surface area (TPSA) is 141 Å². The number of amides is 1. The number of rotatable bonds is 9. The normalized spacial score (nSPS) is 10.7. The molecule has 3 rings (SSSR count).